The second kappa shape index (κ2) is 7.04. The predicted molar refractivity (Wildman–Crippen MR) is 71.8 cm³/mol. The average molecular weight is 281 g/mol. The molecule has 1 aromatic heterocycles. The van der Waals surface area contributed by atoms with Crippen LogP contribution in [0.2, 0.25) is 0 Å². The van der Waals surface area contributed by atoms with Gasteiger partial charge in [-0.1, -0.05) is 6.92 Å². The van der Waals surface area contributed by atoms with E-state index in [0.29, 0.717) is 31.5 Å². The molecule has 20 heavy (non-hydrogen) atoms. The minimum absolute atomic E-state index is 0.286. The fourth-order valence-electron chi connectivity index (χ4n) is 1.96. The number of anilines is 1. The van der Waals surface area contributed by atoms with E-state index in [0.717, 1.165) is 6.42 Å². The van der Waals surface area contributed by atoms with Gasteiger partial charge in [-0.2, -0.15) is 4.98 Å². The van der Waals surface area contributed by atoms with Gasteiger partial charge >= 0.3 is 5.97 Å². The number of hydrogen-bond acceptors (Lipinski definition) is 7. The molecule has 0 N–H and O–H groups in total. The number of carbonyl (C=O) groups is 1. The van der Waals surface area contributed by atoms with Crippen molar-refractivity contribution in [1.29, 1.82) is 0 Å². The van der Waals surface area contributed by atoms with Crippen LogP contribution in [-0.2, 0) is 14.3 Å². The molecule has 110 valence electrons. The SMILES string of the molecule is CCCOc1cncc(N2CCOCC2C(=O)OC)n1. The van der Waals surface area contributed by atoms with Crippen LogP contribution in [0.4, 0.5) is 5.82 Å². The lowest BCUT2D eigenvalue weighted by Gasteiger charge is -2.34. The number of hydrogen-bond donors (Lipinski definition) is 0. The van der Waals surface area contributed by atoms with E-state index in [1.54, 1.807) is 12.4 Å². The van der Waals surface area contributed by atoms with Crippen LogP contribution < -0.4 is 9.64 Å². The van der Waals surface area contributed by atoms with E-state index in [4.69, 9.17) is 14.2 Å². The molecule has 0 spiro atoms. The molecule has 7 nitrogen and oxygen atoms in total. The van der Waals surface area contributed by atoms with Crippen molar-refractivity contribution in [2.24, 2.45) is 0 Å². The molecule has 0 saturated carbocycles. The predicted octanol–water partition coefficient (Wildman–Crippen LogP) is 0.644. The molecule has 1 aromatic rings. The monoisotopic (exact) mass is 281 g/mol. The summed E-state index contributed by atoms with van der Waals surface area (Å²) >= 11 is 0. The zero-order valence-electron chi connectivity index (χ0n) is 11.7. The molecule has 0 aromatic carbocycles. The van der Waals surface area contributed by atoms with Crippen LogP contribution in [0.3, 0.4) is 0 Å². The summed E-state index contributed by atoms with van der Waals surface area (Å²) in [7, 11) is 1.36. The van der Waals surface area contributed by atoms with Crippen molar-refractivity contribution >= 4 is 11.8 Å². The number of carbonyl (C=O) groups excluding carboxylic acids is 1. The Morgan fingerprint density at radius 3 is 3.15 bits per heavy atom. The van der Waals surface area contributed by atoms with Crippen LogP contribution >= 0.6 is 0 Å². The van der Waals surface area contributed by atoms with E-state index in [-0.39, 0.29) is 12.6 Å². The molecule has 1 fully saturated rings. The number of aromatic nitrogens is 2. The number of rotatable bonds is 5. The maximum Gasteiger partial charge on any atom is 0.330 e. The Morgan fingerprint density at radius 2 is 2.40 bits per heavy atom. The van der Waals surface area contributed by atoms with Gasteiger partial charge in [0.25, 0.3) is 0 Å². The summed E-state index contributed by atoms with van der Waals surface area (Å²) in [5, 5.41) is 0. The molecule has 1 aliphatic heterocycles. The first-order chi connectivity index (χ1) is 9.76. The molecule has 0 aliphatic carbocycles. The first-order valence-electron chi connectivity index (χ1n) is 6.63. The summed E-state index contributed by atoms with van der Waals surface area (Å²) in [6, 6.07) is -0.496. The van der Waals surface area contributed by atoms with E-state index < -0.39 is 6.04 Å². The van der Waals surface area contributed by atoms with E-state index >= 15 is 0 Å². The minimum atomic E-state index is -0.496. The Hall–Kier alpha value is -1.89. The maximum absolute atomic E-state index is 11.8. The lowest BCUT2D eigenvalue weighted by molar-refractivity contribution is -0.144. The van der Waals surface area contributed by atoms with Gasteiger partial charge in [-0.15, -0.1) is 0 Å². The zero-order chi connectivity index (χ0) is 14.4. The van der Waals surface area contributed by atoms with E-state index in [9.17, 15) is 4.79 Å². The quantitative estimate of drug-likeness (QED) is 0.733. The number of nitrogens with zero attached hydrogens (tertiary/aromatic N) is 3. The first-order valence-corrected chi connectivity index (χ1v) is 6.63. The fourth-order valence-corrected chi connectivity index (χ4v) is 1.96. The van der Waals surface area contributed by atoms with Gasteiger partial charge in [0.1, 0.15) is 0 Å². The van der Waals surface area contributed by atoms with Crippen molar-refractivity contribution < 1.29 is 19.0 Å². The summed E-state index contributed by atoms with van der Waals surface area (Å²) in [4.78, 5) is 22.1. The molecule has 1 aliphatic rings. The van der Waals surface area contributed by atoms with Crippen LogP contribution in [0.5, 0.6) is 5.88 Å². The standard InChI is InChI=1S/C13H19N3O4/c1-3-5-20-12-8-14-7-11(15-12)16-4-6-19-9-10(16)13(17)18-2/h7-8,10H,3-6,9H2,1-2H3. The molecule has 0 amide bonds. The van der Waals surface area contributed by atoms with Crippen LogP contribution in [0, 0.1) is 0 Å². The van der Waals surface area contributed by atoms with Gasteiger partial charge < -0.3 is 19.1 Å². The molecule has 1 saturated heterocycles. The minimum Gasteiger partial charge on any atom is -0.477 e. The van der Waals surface area contributed by atoms with Crippen LogP contribution in [0.1, 0.15) is 13.3 Å². The normalized spacial score (nSPS) is 18.7. The molecule has 2 rings (SSSR count). The van der Waals surface area contributed by atoms with Crippen molar-refractivity contribution in [3.63, 3.8) is 0 Å². The average Bonchev–Trinajstić information content (AvgIpc) is 2.52. The van der Waals surface area contributed by atoms with Crippen molar-refractivity contribution in [3.05, 3.63) is 12.4 Å². The van der Waals surface area contributed by atoms with E-state index in [1.807, 2.05) is 11.8 Å². The van der Waals surface area contributed by atoms with Gasteiger partial charge in [0, 0.05) is 6.54 Å². The van der Waals surface area contributed by atoms with E-state index in [1.165, 1.54) is 7.11 Å². The van der Waals surface area contributed by atoms with Gasteiger partial charge in [-0.3, -0.25) is 4.98 Å². The number of morpholine rings is 1. The van der Waals surface area contributed by atoms with Crippen LogP contribution in [0.25, 0.3) is 0 Å². The summed E-state index contributed by atoms with van der Waals surface area (Å²) in [6.07, 6.45) is 4.07. The Balaban J connectivity index is 2.16. The third kappa shape index (κ3) is 3.36. The summed E-state index contributed by atoms with van der Waals surface area (Å²) < 4.78 is 15.6. The van der Waals surface area contributed by atoms with Gasteiger partial charge in [0.15, 0.2) is 11.9 Å². The fraction of sp³-hybridized carbons (Fsp3) is 0.615. The number of esters is 1. The maximum atomic E-state index is 11.8. The third-order valence-electron chi connectivity index (χ3n) is 2.95. The highest BCUT2D eigenvalue weighted by Crippen LogP contribution is 2.19. The molecule has 1 atom stereocenters. The highest BCUT2D eigenvalue weighted by Gasteiger charge is 2.31. The molecule has 0 bridgehead atoms. The van der Waals surface area contributed by atoms with Crippen molar-refractivity contribution in [2.45, 2.75) is 19.4 Å². The Morgan fingerprint density at radius 1 is 1.55 bits per heavy atom. The molecular formula is C13H19N3O4. The molecule has 0 radical (unpaired) electrons. The molecule has 1 unspecified atom stereocenters. The van der Waals surface area contributed by atoms with Gasteiger partial charge in [0.2, 0.25) is 5.88 Å². The number of methoxy groups -OCH3 is 1. The highest BCUT2D eigenvalue weighted by molar-refractivity contribution is 5.80. The summed E-state index contributed by atoms with van der Waals surface area (Å²) in [6.45, 7) is 3.99. The van der Waals surface area contributed by atoms with Gasteiger partial charge in [-0.25, -0.2) is 4.79 Å². The third-order valence-corrected chi connectivity index (χ3v) is 2.95. The zero-order valence-corrected chi connectivity index (χ0v) is 11.7. The lowest BCUT2D eigenvalue weighted by atomic mass is 10.2. The summed E-state index contributed by atoms with van der Waals surface area (Å²) in [5.41, 5.74) is 0. The molecule has 2 heterocycles. The molecular weight excluding hydrogens is 262 g/mol. The largest absolute Gasteiger partial charge is 0.477 e. The first kappa shape index (κ1) is 14.5. The lowest BCUT2D eigenvalue weighted by Crippen LogP contribution is -2.51. The Kier molecular flexibility index (Phi) is 5.11. The van der Waals surface area contributed by atoms with Crippen LogP contribution in [0.15, 0.2) is 12.4 Å². The van der Waals surface area contributed by atoms with Gasteiger partial charge in [0.05, 0.1) is 39.3 Å². The van der Waals surface area contributed by atoms with Crippen molar-refractivity contribution in [2.75, 3.05) is 38.4 Å². The smallest absolute Gasteiger partial charge is 0.330 e. The second-order valence-corrected chi connectivity index (χ2v) is 4.37. The Labute approximate surface area is 117 Å². The second-order valence-electron chi connectivity index (χ2n) is 4.37. The van der Waals surface area contributed by atoms with Crippen molar-refractivity contribution in [3.8, 4) is 5.88 Å². The number of ether oxygens (including phenoxy) is 3. The van der Waals surface area contributed by atoms with Gasteiger partial charge in [-0.05, 0) is 6.42 Å². The van der Waals surface area contributed by atoms with Crippen LogP contribution in [-0.4, -0.2) is 55.5 Å². The molecule has 7 heteroatoms. The van der Waals surface area contributed by atoms with E-state index in [2.05, 4.69) is 9.97 Å². The topological polar surface area (TPSA) is 73.8 Å². The van der Waals surface area contributed by atoms with Crippen molar-refractivity contribution in [1.82, 2.24) is 9.97 Å². The Bertz CT molecular complexity index is 455. The summed E-state index contributed by atoms with van der Waals surface area (Å²) in [5.74, 6) is 0.711. The highest BCUT2D eigenvalue weighted by atomic mass is 16.5.